The number of benzene rings is 1. The summed E-state index contributed by atoms with van der Waals surface area (Å²) in [5.74, 6) is 0. The molecule has 1 saturated heterocycles. The summed E-state index contributed by atoms with van der Waals surface area (Å²) in [6.07, 6.45) is 0. The minimum absolute atomic E-state index is 0. The first kappa shape index (κ1) is 18.4. The van der Waals surface area contributed by atoms with Crippen LogP contribution < -0.4 is 5.32 Å². The standard InChI is InChI=1S/C15H24N2O2S.ClH/c1-10-8-11(2)14(5)15(13(10)4)20(18,19)17-7-6-16-9-12(17)3;/h8,12,16H,6-7,9H2,1-5H3;1H/t12-;/m1./s1. The van der Waals surface area contributed by atoms with E-state index in [9.17, 15) is 8.42 Å². The predicted octanol–water partition coefficient (Wildman–Crippen LogP) is 2.32. The van der Waals surface area contributed by atoms with Crippen LogP contribution >= 0.6 is 12.4 Å². The van der Waals surface area contributed by atoms with Gasteiger partial charge in [0.1, 0.15) is 0 Å². The molecule has 1 atom stereocenters. The number of hydrogen-bond acceptors (Lipinski definition) is 3. The number of nitrogens with zero attached hydrogens (tertiary/aromatic N) is 1. The highest BCUT2D eigenvalue weighted by Crippen LogP contribution is 2.29. The van der Waals surface area contributed by atoms with Crippen molar-refractivity contribution < 1.29 is 8.42 Å². The molecule has 1 aliphatic rings. The molecule has 1 heterocycles. The van der Waals surface area contributed by atoms with Crippen LogP contribution in [0.5, 0.6) is 0 Å². The van der Waals surface area contributed by atoms with Gasteiger partial charge in [0.25, 0.3) is 0 Å². The zero-order chi connectivity index (χ0) is 15.1. The van der Waals surface area contributed by atoms with Gasteiger partial charge in [-0.15, -0.1) is 12.4 Å². The Morgan fingerprint density at radius 3 is 2.14 bits per heavy atom. The highest BCUT2D eigenvalue weighted by molar-refractivity contribution is 7.89. The van der Waals surface area contributed by atoms with Crippen LogP contribution in [0.2, 0.25) is 0 Å². The van der Waals surface area contributed by atoms with Crippen LogP contribution in [0.25, 0.3) is 0 Å². The molecular formula is C15H25ClN2O2S. The number of halogens is 1. The molecule has 1 fully saturated rings. The van der Waals surface area contributed by atoms with Gasteiger partial charge < -0.3 is 5.32 Å². The van der Waals surface area contributed by atoms with Gasteiger partial charge in [0.05, 0.1) is 4.90 Å². The van der Waals surface area contributed by atoms with E-state index in [0.29, 0.717) is 24.5 Å². The molecule has 1 aromatic rings. The van der Waals surface area contributed by atoms with E-state index < -0.39 is 10.0 Å². The van der Waals surface area contributed by atoms with Crippen molar-refractivity contribution in [2.75, 3.05) is 19.6 Å². The van der Waals surface area contributed by atoms with E-state index in [0.717, 1.165) is 22.3 Å². The third kappa shape index (κ3) is 3.26. The van der Waals surface area contributed by atoms with Crippen LogP contribution in [0.15, 0.2) is 11.0 Å². The summed E-state index contributed by atoms with van der Waals surface area (Å²) in [5.41, 5.74) is 3.82. The van der Waals surface area contributed by atoms with Crippen LogP contribution in [0.3, 0.4) is 0 Å². The van der Waals surface area contributed by atoms with Gasteiger partial charge in [0.15, 0.2) is 0 Å². The SMILES string of the molecule is Cc1cc(C)c(C)c(S(=O)(=O)N2CCNC[C@H]2C)c1C.Cl. The molecular weight excluding hydrogens is 308 g/mol. The Morgan fingerprint density at radius 1 is 1.14 bits per heavy atom. The van der Waals surface area contributed by atoms with Crippen molar-refractivity contribution in [1.29, 1.82) is 0 Å². The molecule has 0 radical (unpaired) electrons. The van der Waals surface area contributed by atoms with Crippen molar-refractivity contribution in [1.82, 2.24) is 9.62 Å². The second-order valence-corrected chi connectivity index (χ2v) is 7.59. The van der Waals surface area contributed by atoms with Crippen LogP contribution in [0.4, 0.5) is 0 Å². The average Bonchev–Trinajstić information content (AvgIpc) is 2.36. The van der Waals surface area contributed by atoms with Crippen molar-refractivity contribution >= 4 is 22.4 Å². The van der Waals surface area contributed by atoms with Gasteiger partial charge in [0.2, 0.25) is 10.0 Å². The monoisotopic (exact) mass is 332 g/mol. The number of nitrogens with one attached hydrogen (secondary N) is 1. The fraction of sp³-hybridized carbons (Fsp3) is 0.600. The molecule has 0 spiro atoms. The Kier molecular flexibility index (Phi) is 5.83. The van der Waals surface area contributed by atoms with Gasteiger partial charge >= 0.3 is 0 Å². The zero-order valence-electron chi connectivity index (χ0n) is 13.4. The van der Waals surface area contributed by atoms with Crippen molar-refractivity contribution in [3.63, 3.8) is 0 Å². The summed E-state index contributed by atoms with van der Waals surface area (Å²) >= 11 is 0. The quantitative estimate of drug-likeness (QED) is 0.904. The maximum atomic E-state index is 13.0. The predicted molar refractivity (Wildman–Crippen MR) is 88.9 cm³/mol. The number of aryl methyl sites for hydroxylation is 2. The first-order valence-corrected chi connectivity index (χ1v) is 8.50. The number of piperazine rings is 1. The van der Waals surface area contributed by atoms with E-state index in [1.165, 1.54) is 0 Å². The van der Waals surface area contributed by atoms with Gasteiger partial charge in [-0.2, -0.15) is 4.31 Å². The van der Waals surface area contributed by atoms with Gasteiger partial charge in [-0.25, -0.2) is 8.42 Å². The average molecular weight is 333 g/mol. The number of rotatable bonds is 2. The van der Waals surface area contributed by atoms with Crippen molar-refractivity contribution in [2.45, 2.75) is 45.6 Å². The lowest BCUT2D eigenvalue weighted by Crippen LogP contribution is -2.52. The van der Waals surface area contributed by atoms with E-state index in [1.807, 2.05) is 34.6 Å². The third-order valence-electron chi connectivity index (χ3n) is 4.30. The summed E-state index contributed by atoms with van der Waals surface area (Å²) < 4.78 is 27.7. The maximum absolute atomic E-state index is 13.0. The lowest BCUT2D eigenvalue weighted by atomic mass is 10.0. The fourth-order valence-corrected chi connectivity index (χ4v) is 5.07. The topological polar surface area (TPSA) is 49.4 Å². The molecule has 2 rings (SSSR count). The fourth-order valence-electron chi connectivity index (χ4n) is 2.86. The molecule has 0 aliphatic carbocycles. The Hall–Kier alpha value is -0.620. The van der Waals surface area contributed by atoms with Crippen molar-refractivity contribution in [2.24, 2.45) is 0 Å². The zero-order valence-corrected chi connectivity index (χ0v) is 15.0. The molecule has 1 aliphatic heterocycles. The minimum Gasteiger partial charge on any atom is -0.314 e. The smallest absolute Gasteiger partial charge is 0.243 e. The first-order chi connectivity index (χ1) is 9.26. The van der Waals surface area contributed by atoms with E-state index in [-0.39, 0.29) is 18.4 Å². The molecule has 0 unspecified atom stereocenters. The molecule has 4 nitrogen and oxygen atoms in total. The maximum Gasteiger partial charge on any atom is 0.243 e. The summed E-state index contributed by atoms with van der Waals surface area (Å²) in [6.45, 7) is 11.7. The van der Waals surface area contributed by atoms with Crippen LogP contribution in [0, 0.1) is 27.7 Å². The van der Waals surface area contributed by atoms with E-state index in [1.54, 1.807) is 4.31 Å². The largest absolute Gasteiger partial charge is 0.314 e. The lowest BCUT2D eigenvalue weighted by molar-refractivity contribution is 0.283. The van der Waals surface area contributed by atoms with E-state index in [4.69, 9.17) is 0 Å². The normalized spacial score (nSPS) is 20.1. The van der Waals surface area contributed by atoms with Crippen LogP contribution in [-0.2, 0) is 10.0 Å². The first-order valence-electron chi connectivity index (χ1n) is 7.06. The molecule has 1 N–H and O–H groups in total. The summed E-state index contributed by atoms with van der Waals surface area (Å²) in [4.78, 5) is 0.503. The molecule has 0 bridgehead atoms. The Morgan fingerprint density at radius 2 is 1.67 bits per heavy atom. The molecule has 120 valence electrons. The third-order valence-corrected chi connectivity index (χ3v) is 6.59. The molecule has 6 heteroatoms. The van der Waals surface area contributed by atoms with Crippen molar-refractivity contribution in [3.8, 4) is 0 Å². The van der Waals surface area contributed by atoms with Gasteiger partial charge in [0, 0.05) is 25.7 Å². The Labute approximate surface area is 134 Å². The molecule has 0 saturated carbocycles. The number of hydrogen-bond donors (Lipinski definition) is 1. The van der Waals surface area contributed by atoms with Gasteiger partial charge in [-0.3, -0.25) is 0 Å². The molecule has 1 aromatic carbocycles. The van der Waals surface area contributed by atoms with E-state index >= 15 is 0 Å². The highest BCUT2D eigenvalue weighted by atomic mass is 35.5. The Bertz CT molecular complexity index is 603. The van der Waals surface area contributed by atoms with E-state index in [2.05, 4.69) is 11.4 Å². The molecule has 21 heavy (non-hydrogen) atoms. The second-order valence-electron chi connectivity index (χ2n) is 5.76. The summed E-state index contributed by atoms with van der Waals surface area (Å²) in [5, 5.41) is 3.23. The van der Waals surface area contributed by atoms with Crippen LogP contribution in [-0.4, -0.2) is 38.4 Å². The van der Waals surface area contributed by atoms with Gasteiger partial charge in [-0.1, -0.05) is 6.07 Å². The summed E-state index contributed by atoms with van der Waals surface area (Å²) in [6, 6.07) is 2.05. The van der Waals surface area contributed by atoms with Crippen molar-refractivity contribution in [3.05, 3.63) is 28.3 Å². The Balaban J connectivity index is 0.00000220. The molecule has 0 aromatic heterocycles. The summed E-state index contributed by atoms with van der Waals surface area (Å²) in [7, 11) is -3.42. The minimum atomic E-state index is -3.42. The molecule has 0 amide bonds. The second kappa shape index (κ2) is 6.65. The van der Waals surface area contributed by atoms with Gasteiger partial charge in [-0.05, 0) is 56.9 Å². The van der Waals surface area contributed by atoms with Crippen LogP contribution in [0.1, 0.15) is 29.2 Å². The lowest BCUT2D eigenvalue weighted by Gasteiger charge is -2.34. The number of sulfonamides is 1. The highest BCUT2D eigenvalue weighted by Gasteiger charge is 2.33.